The second-order valence-corrected chi connectivity index (χ2v) is 14.1. The number of anilines is 1. The highest BCUT2D eigenvalue weighted by Crippen LogP contribution is 2.67. The van der Waals surface area contributed by atoms with Gasteiger partial charge < -0.3 is 29.3 Å². The number of rotatable bonds is 9. The van der Waals surface area contributed by atoms with Crippen molar-refractivity contribution in [2.45, 2.75) is 0 Å². The molecule has 6 aromatic rings. The molecule has 0 aliphatic rings. The molecule has 45 heavy (non-hydrogen) atoms. The number of carbonyl (C=O) groups is 2. The lowest BCUT2D eigenvalue weighted by Crippen LogP contribution is -3.00. The van der Waals surface area contributed by atoms with Crippen molar-refractivity contribution >= 4 is 56.8 Å². The Kier molecular flexibility index (Phi) is 10.7. The average Bonchev–Trinajstić information content (AvgIpc) is 3.61. The molecule has 0 aliphatic heterocycles. The molecule has 2 N–H and O–H groups in total. The van der Waals surface area contributed by atoms with Crippen molar-refractivity contribution in [2.24, 2.45) is 0 Å². The van der Waals surface area contributed by atoms with Crippen LogP contribution < -0.4 is 50.5 Å². The predicted molar refractivity (Wildman–Crippen MR) is 183 cm³/mol. The number of hydrogen-bond acceptors (Lipinski definition) is 4. The van der Waals surface area contributed by atoms with E-state index in [4.69, 9.17) is 0 Å². The Morgan fingerprint density at radius 1 is 0.578 bits per heavy atom. The maximum absolute atomic E-state index is 14.5. The summed E-state index contributed by atoms with van der Waals surface area (Å²) >= 11 is 1.32. The minimum absolute atomic E-state index is 0. The summed E-state index contributed by atoms with van der Waals surface area (Å²) in [5.74, 6) is -0.828. The van der Waals surface area contributed by atoms with Gasteiger partial charge in [0.15, 0.2) is 10.8 Å². The number of nitrogens with one attached hydrogen (secondary N) is 2. The highest BCUT2D eigenvalue weighted by atomic mass is 127. The number of benzene rings is 5. The van der Waals surface area contributed by atoms with Crippen molar-refractivity contribution in [1.29, 1.82) is 0 Å². The van der Waals surface area contributed by atoms with Crippen molar-refractivity contribution < 1.29 is 33.6 Å². The summed E-state index contributed by atoms with van der Waals surface area (Å²) in [6, 6.07) is 49.7. The lowest BCUT2D eigenvalue weighted by Gasteiger charge is -2.31. The lowest BCUT2D eigenvalue weighted by molar-refractivity contribution is -0.113. The highest BCUT2D eigenvalue weighted by Gasteiger charge is 2.52. The molecule has 2 amide bonds. The Hall–Kier alpha value is -4.43. The monoisotopic (exact) mass is 737 g/mol. The van der Waals surface area contributed by atoms with Gasteiger partial charge in [-0.3, -0.25) is 14.9 Å². The van der Waals surface area contributed by atoms with Gasteiger partial charge in [0.25, 0.3) is 11.8 Å². The molecule has 0 fully saturated rings. The number of halogens is 1. The quantitative estimate of drug-likeness (QED) is 0.135. The van der Waals surface area contributed by atoms with E-state index in [9.17, 15) is 9.59 Å². The molecule has 1 heterocycles. The molecular weight excluding hydrogens is 708 g/mol. The van der Waals surface area contributed by atoms with Crippen molar-refractivity contribution in [3.8, 4) is 0 Å². The first-order valence-corrected chi connectivity index (χ1v) is 16.8. The van der Waals surface area contributed by atoms with Gasteiger partial charge in [0, 0.05) is 22.7 Å². The standard InChI is InChI=1S/C37H28N3O2PS.HI/c41-35(29-18-8-2-9-19-29)39-33(36(42)40-37-38-26-27-44-37)34(28-16-6-1-7-17-28)43(30-20-10-3-11-21-30,31-22-12-4-13-23-31)32-24-14-5-15-25-32;/h1-27H,(H-,38,39,40,41,42);1H. The van der Waals surface area contributed by atoms with Gasteiger partial charge in [-0.05, 0) is 48.5 Å². The first-order chi connectivity index (χ1) is 21.7. The Balaban J connectivity index is 0.00000400. The zero-order valence-electron chi connectivity index (χ0n) is 24.1. The summed E-state index contributed by atoms with van der Waals surface area (Å²) in [7, 11) is -2.85. The molecule has 1 aromatic heterocycles. The van der Waals surface area contributed by atoms with Gasteiger partial charge in [-0.1, -0.05) is 103 Å². The van der Waals surface area contributed by atoms with E-state index < -0.39 is 13.2 Å². The van der Waals surface area contributed by atoms with Crippen molar-refractivity contribution in [1.82, 2.24) is 10.3 Å². The fourth-order valence-corrected chi connectivity index (χ4v) is 10.4. The number of carbonyl (C=O) groups excluding carboxylic acids is 2. The minimum atomic E-state index is -2.85. The SMILES string of the molecule is O=C(Nc1nccs1)C(NC(=O)c1ccccc1)=C(c1ccccc1)[P+](c1ccccc1)(c1ccccc1)c1ccccc1.[I-]. The van der Waals surface area contributed by atoms with Crippen LogP contribution in [-0.2, 0) is 4.79 Å². The second kappa shape index (κ2) is 15.0. The molecule has 0 saturated carbocycles. The Morgan fingerprint density at radius 3 is 1.42 bits per heavy atom. The fourth-order valence-electron chi connectivity index (χ4n) is 5.33. The molecule has 0 spiro atoms. The van der Waals surface area contributed by atoms with Crippen molar-refractivity contribution in [2.75, 3.05) is 5.32 Å². The number of thiazole rings is 1. The first kappa shape index (κ1) is 32.0. The third-order valence-corrected chi connectivity index (χ3v) is 12.3. The normalized spacial score (nSPS) is 11.5. The van der Waals surface area contributed by atoms with Gasteiger partial charge in [-0.25, -0.2) is 4.98 Å². The third-order valence-electron chi connectivity index (χ3n) is 7.20. The fraction of sp³-hybridized carbons (Fsp3) is 0. The topological polar surface area (TPSA) is 71.1 Å². The van der Waals surface area contributed by atoms with Crippen LogP contribution in [0.25, 0.3) is 5.31 Å². The highest BCUT2D eigenvalue weighted by molar-refractivity contribution is 8.03. The van der Waals surface area contributed by atoms with E-state index in [2.05, 4.69) is 52.0 Å². The van der Waals surface area contributed by atoms with E-state index in [0.29, 0.717) is 10.7 Å². The van der Waals surface area contributed by atoms with E-state index >= 15 is 0 Å². The van der Waals surface area contributed by atoms with Crippen LogP contribution in [0.5, 0.6) is 0 Å². The molecule has 222 valence electrons. The Morgan fingerprint density at radius 2 is 1.00 bits per heavy atom. The van der Waals surface area contributed by atoms with E-state index in [1.54, 1.807) is 35.8 Å². The van der Waals surface area contributed by atoms with Crippen LogP contribution in [0.15, 0.2) is 169 Å². The second-order valence-electron chi connectivity index (χ2n) is 9.88. The number of aromatic nitrogens is 1. The summed E-state index contributed by atoms with van der Waals surface area (Å²) in [4.78, 5) is 32.7. The molecule has 0 bridgehead atoms. The van der Waals surface area contributed by atoms with Crippen LogP contribution in [0.1, 0.15) is 15.9 Å². The van der Waals surface area contributed by atoms with Gasteiger partial charge in [-0.15, -0.1) is 11.3 Å². The Bertz CT molecular complexity index is 1780. The molecule has 0 aliphatic carbocycles. The summed E-state index contributed by atoms with van der Waals surface area (Å²) < 4.78 is 0. The maximum atomic E-state index is 14.5. The molecule has 0 atom stereocenters. The van der Waals surface area contributed by atoms with Crippen molar-refractivity contribution in [3.63, 3.8) is 0 Å². The van der Waals surface area contributed by atoms with Gasteiger partial charge in [0.05, 0.1) is 0 Å². The van der Waals surface area contributed by atoms with E-state index in [1.807, 2.05) is 91.0 Å². The lowest BCUT2D eigenvalue weighted by atomic mass is 10.1. The molecule has 0 unspecified atom stereocenters. The molecule has 8 heteroatoms. The van der Waals surface area contributed by atoms with Crippen LogP contribution in [0.2, 0.25) is 0 Å². The molecule has 0 saturated heterocycles. The number of nitrogens with zero attached hydrogens (tertiary/aromatic N) is 1. The molecular formula is C37H29IN3O2PS. The summed E-state index contributed by atoms with van der Waals surface area (Å²) in [5.41, 5.74) is 1.45. The van der Waals surface area contributed by atoms with Gasteiger partial charge in [0.1, 0.15) is 28.5 Å². The third kappa shape index (κ3) is 6.81. The molecule has 5 aromatic carbocycles. The van der Waals surface area contributed by atoms with E-state index in [-0.39, 0.29) is 35.6 Å². The van der Waals surface area contributed by atoms with E-state index in [1.165, 1.54) is 11.3 Å². The zero-order chi connectivity index (χ0) is 30.2. The first-order valence-electron chi connectivity index (χ1n) is 14.1. The van der Waals surface area contributed by atoms with Crippen LogP contribution in [-0.4, -0.2) is 16.8 Å². The minimum Gasteiger partial charge on any atom is -1.00 e. The van der Waals surface area contributed by atoms with Crippen LogP contribution in [0.3, 0.4) is 0 Å². The number of amides is 2. The molecule has 0 radical (unpaired) electrons. The van der Waals surface area contributed by atoms with Gasteiger partial charge in [-0.2, -0.15) is 0 Å². The average molecular weight is 738 g/mol. The Labute approximate surface area is 284 Å². The predicted octanol–water partition coefficient (Wildman–Crippen LogP) is 3.88. The summed E-state index contributed by atoms with van der Waals surface area (Å²) in [5, 5.41) is 12.2. The summed E-state index contributed by atoms with van der Waals surface area (Å²) in [6.07, 6.45) is 1.64. The molecule has 5 nitrogen and oxygen atoms in total. The maximum Gasteiger partial charge on any atom is 0.278 e. The van der Waals surface area contributed by atoms with E-state index in [0.717, 1.165) is 26.8 Å². The van der Waals surface area contributed by atoms with Crippen LogP contribution in [0, 0.1) is 0 Å². The van der Waals surface area contributed by atoms with Gasteiger partial charge in [0.2, 0.25) is 0 Å². The zero-order valence-corrected chi connectivity index (χ0v) is 28.0. The van der Waals surface area contributed by atoms with Crippen LogP contribution >= 0.6 is 18.6 Å². The molecule has 6 rings (SSSR count). The van der Waals surface area contributed by atoms with Crippen molar-refractivity contribution in [3.05, 3.63) is 180 Å². The van der Waals surface area contributed by atoms with Crippen LogP contribution in [0.4, 0.5) is 5.13 Å². The summed E-state index contributed by atoms with van der Waals surface area (Å²) in [6.45, 7) is 0. The smallest absolute Gasteiger partial charge is 0.278 e. The number of hydrogen-bond donors (Lipinski definition) is 2. The largest absolute Gasteiger partial charge is 1.00 e. The van der Waals surface area contributed by atoms with Gasteiger partial charge >= 0.3 is 0 Å².